The fourth-order valence-electron chi connectivity index (χ4n) is 2.53. The molecule has 4 heteroatoms. The molecule has 0 radical (unpaired) electrons. The van der Waals surface area contributed by atoms with Crippen molar-refractivity contribution in [1.29, 1.82) is 0 Å². The Morgan fingerprint density at radius 2 is 2.00 bits per heavy atom. The molecule has 0 unspecified atom stereocenters. The average molecular weight is 280 g/mol. The summed E-state index contributed by atoms with van der Waals surface area (Å²) in [6.45, 7) is 2.75. The van der Waals surface area contributed by atoms with Crippen LogP contribution in [0.5, 0.6) is 0 Å². The van der Waals surface area contributed by atoms with Crippen LogP contribution in [0.4, 0.5) is 5.82 Å². The number of nitrogens with two attached hydrogens (primary N) is 1. The molecule has 0 bridgehead atoms. The van der Waals surface area contributed by atoms with E-state index >= 15 is 0 Å². The summed E-state index contributed by atoms with van der Waals surface area (Å²) in [6.07, 6.45) is 4.96. The summed E-state index contributed by atoms with van der Waals surface area (Å²) in [7, 11) is 0. The van der Waals surface area contributed by atoms with E-state index in [2.05, 4.69) is 51.4 Å². The molecule has 3 N–H and O–H groups in total. The topological polar surface area (TPSA) is 55.9 Å². The largest absolute Gasteiger partial charge is 0.383 e. The van der Waals surface area contributed by atoms with E-state index in [4.69, 9.17) is 5.73 Å². The van der Waals surface area contributed by atoms with E-state index in [0.717, 1.165) is 31.6 Å². The molecule has 0 aliphatic heterocycles. The van der Waals surface area contributed by atoms with Crippen LogP contribution in [-0.2, 0) is 13.1 Å². The van der Waals surface area contributed by atoms with Gasteiger partial charge < -0.3 is 15.6 Å². The molecule has 21 heavy (non-hydrogen) atoms. The number of aromatic nitrogens is 2. The van der Waals surface area contributed by atoms with Crippen molar-refractivity contribution < 1.29 is 0 Å². The number of nitrogen functional groups attached to an aromatic ring is 1. The molecule has 0 saturated heterocycles. The minimum atomic E-state index is 0.612. The number of rotatable bonds is 6. The maximum atomic E-state index is 5.82. The second-order valence-corrected chi connectivity index (χ2v) is 5.15. The molecule has 1 aromatic carbocycles. The van der Waals surface area contributed by atoms with Gasteiger partial charge in [-0.05, 0) is 36.6 Å². The van der Waals surface area contributed by atoms with Crippen LogP contribution < -0.4 is 11.1 Å². The first-order valence-electron chi connectivity index (χ1n) is 7.28. The van der Waals surface area contributed by atoms with Crippen LogP contribution >= 0.6 is 0 Å². The van der Waals surface area contributed by atoms with E-state index in [9.17, 15) is 0 Å². The van der Waals surface area contributed by atoms with Gasteiger partial charge in [-0.25, -0.2) is 4.98 Å². The summed E-state index contributed by atoms with van der Waals surface area (Å²) in [5.74, 6) is 0.612. The first-order valence-corrected chi connectivity index (χ1v) is 7.28. The molecule has 2 heterocycles. The van der Waals surface area contributed by atoms with Crippen LogP contribution in [0, 0.1) is 0 Å². The van der Waals surface area contributed by atoms with Crippen molar-refractivity contribution in [2.75, 3.05) is 12.3 Å². The third-order valence-electron chi connectivity index (χ3n) is 3.67. The lowest BCUT2D eigenvalue weighted by Crippen LogP contribution is -2.17. The van der Waals surface area contributed by atoms with Gasteiger partial charge in [-0.15, -0.1) is 0 Å². The normalized spacial score (nSPS) is 11.0. The first-order chi connectivity index (χ1) is 10.3. The van der Waals surface area contributed by atoms with Gasteiger partial charge in [0, 0.05) is 36.6 Å². The van der Waals surface area contributed by atoms with Gasteiger partial charge in [0.25, 0.3) is 0 Å². The molecule has 0 atom stereocenters. The van der Waals surface area contributed by atoms with E-state index in [1.807, 2.05) is 12.1 Å². The van der Waals surface area contributed by atoms with E-state index in [1.54, 1.807) is 6.20 Å². The molecule has 0 spiro atoms. The lowest BCUT2D eigenvalue weighted by Gasteiger charge is -2.08. The highest BCUT2D eigenvalue weighted by Gasteiger charge is 2.00. The van der Waals surface area contributed by atoms with Crippen LogP contribution in [0.25, 0.3) is 10.9 Å². The van der Waals surface area contributed by atoms with Crippen LogP contribution in [0.3, 0.4) is 0 Å². The fourth-order valence-corrected chi connectivity index (χ4v) is 2.53. The Morgan fingerprint density at radius 1 is 1.10 bits per heavy atom. The van der Waals surface area contributed by atoms with Crippen molar-refractivity contribution in [3.8, 4) is 0 Å². The smallest absolute Gasteiger partial charge is 0.127 e. The number of nitrogens with one attached hydrogen (secondary N) is 1. The Hall–Kier alpha value is -2.33. The van der Waals surface area contributed by atoms with Crippen molar-refractivity contribution in [1.82, 2.24) is 14.9 Å². The lowest BCUT2D eigenvalue weighted by atomic mass is 10.2. The Labute approximate surface area is 124 Å². The summed E-state index contributed by atoms with van der Waals surface area (Å²) < 4.78 is 2.30. The molecule has 0 fully saturated rings. The summed E-state index contributed by atoms with van der Waals surface area (Å²) in [5, 5.41) is 4.72. The summed E-state index contributed by atoms with van der Waals surface area (Å²) in [6, 6.07) is 14.6. The molecular weight excluding hydrogens is 260 g/mol. The van der Waals surface area contributed by atoms with E-state index in [0.29, 0.717) is 5.82 Å². The number of hydrogen-bond acceptors (Lipinski definition) is 3. The second kappa shape index (κ2) is 6.41. The summed E-state index contributed by atoms with van der Waals surface area (Å²) in [5.41, 5.74) is 8.18. The molecular formula is C17H20N4. The minimum absolute atomic E-state index is 0.612. The van der Waals surface area contributed by atoms with E-state index < -0.39 is 0 Å². The maximum absolute atomic E-state index is 5.82. The van der Waals surface area contributed by atoms with Crippen LogP contribution in [0.1, 0.15) is 12.0 Å². The van der Waals surface area contributed by atoms with E-state index in [1.165, 1.54) is 10.9 Å². The minimum Gasteiger partial charge on any atom is -0.383 e. The Bertz CT molecular complexity index is 717. The second-order valence-electron chi connectivity index (χ2n) is 5.15. The van der Waals surface area contributed by atoms with Gasteiger partial charge in [-0.2, -0.15) is 0 Å². The maximum Gasteiger partial charge on any atom is 0.127 e. The number of nitrogens with zero attached hydrogens (tertiary/aromatic N) is 2. The van der Waals surface area contributed by atoms with Crippen LogP contribution in [0.2, 0.25) is 0 Å². The van der Waals surface area contributed by atoms with Gasteiger partial charge >= 0.3 is 0 Å². The van der Waals surface area contributed by atoms with E-state index in [-0.39, 0.29) is 0 Å². The first kappa shape index (κ1) is 13.6. The zero-order chi connectivity index (χ0) is 14.5. The van der Waals surface area contributed by atoms with Gasteiger partial charge in [0.1, 0.15) is 5.82 Å². The van der Waals surface area contributed by atoms with Crippen molar-refractivity contribution in [3.05, 3.63) is 60.4 Å². The highest BCUT2D eigenvalue weighted by Crippen LogP contribution is 2.15. The lowest BCUT2D eigenvalue weighted by molar-refractivity contribution is 0.591. The molecule has 0 saturated carbocycles. The number of hydrogen-bond donors (Lipinski definition) is 2. The third kappa shape index (κ3) is 3.23. The molecule has 3 aromatic rings. The summed E-state index contributed by atoms with van der Waals surface area (Å²) >= 11 is 0. The predicted octanol–water partition coefficient (Wildman–Crippen LogP) is 2.80. The van der Waals surface area contributed by atoms with Crippen LogP contribution in [0.15, 0.2) is 54.9 Å². The zero-order valence-corrected chi connectivity index (χ0v) is 12.0. The Balaban J connectivity index is 1.47. The van der Waals surface area contributed by atoms with Gasteiger partial charge in [0.2, 0.25) is 0 Å². The highest BCUT2D eigenvalue weighted by molar-refractivity contribution is 5.79. The quantitative estimate of drug-likeness (QED) is 0.683. The standard InChI is InChI=1S/C17H20N4/c18-17-15(6-3-10-20-17)13-19-9-4-11-21-12-8-14-5-1-2-7-16(14)21/h1-3,5-8,10,12,19H,4,9,11,13H2,(H2,18,20). The van der Waals surface area contributed by atoms with Crippen molar-refractivity contribution in [3.63, 3.8) is 0 Å². The third-order valence-corrected chi connectivity index (χ3v) is 3.67. The summed E-state index contributed by atoms with van der Waals surface area (Å²) in [4.78, 5) is 4.09. The average Bonchev–Trinajstić information content (AvgIpc) is 2.92. The molecule has 0 aliphatic carbocycles. The molecule has 0 aliphatic rings. The molecule has 0 amide bonds. The van der Waals surface area contributed by atoms with Crippen LogP contribution in [-0.4, -0.2) is 16.1 Å². The number of anilines is 1. The fraction of sp³-hybridized carbons (Fsp3) is 0.235. The number of para-hydroxylation sites is 1. The van der Waals surface area contributed by atoms with Crippen molar-refractivity contribution in [2.24, 2.45) is 0 Å². The van der Waals surface area contributed by atoms with Gasteiger partial charge in [-0.1, -0.05) is 24.3 Å². The molecule has 4 nitrogen and oxygen atoms in total. The number of aryl methyl sites for hydroxylation is 1. The van der Waals surface area contributed by atoms with Crippen molar-refractivity contribution in [2.45, 2.75) is 19.5 Å². The Kier molecular flexibility index (Phi) is 4.17. The predicted molar refractivity (Wildman–Crippen MR) is 86.9 cm³/mol. The monoisotopic (exact) mass is 280 g/mol. The van der Waals surface area contributed by atoms with Gasteiger partial charge in [0.15, 0.2) is 0 Å². The van der Waals surface area contributed by atoms with Gasteiger partial charge in [-0.3, -0.25) is 0 Å². The number of benzene rings is 1. The zero-order valence-electron chi connectivity index (χ0n) is 12.0. The SMILES string of the molecule is Nc1ncccc1CNCCCn1ccc2ccccc21. The number of pyridine rings is 1. The number of fused-ring (bicyclic) bond motifs is 1. The molecule has 2 aromatic heterocycles. The highest BCUT2D eigenvalue weighted by atomic mass is 15.0. The molecule has 3 rings (SSSR count). The molecule has 108 valence electrons. The Morgan fingerprint density at radius 3 is 2.90 bits per heavy atom. The van der Waals surface area contributed by atoms with Crippen molar-refractivity contribution >= 4 is 16.7 Å². The van der Waals surface area contributed by atoms with Gasteiger partial charge in [0.05, 0.1) is 0 Å².